The first-order valence-corrected chi connectivity index (χ1v) is 8.40. The van der Waals surface area contributed by atoms with Gasteiger partial charge in [0.05, 0.1) is 0 Å². The number of nitrogens with zero attached hydrogens (tertiary/aromatic N) is 1. The maximum absolute atomic E-state index is 12.0. The number of carbonyl (C=O) groups is 1. The molecule has 0 saturated carbocycles. The van der Waals surface area contributed by atoms with Gasteiger partial charge in [-0.2, -0.15) is 0 Å². The van der Waals surface area contributed by atoms with Crippen LogP contribution in [0, 0.1) is 5.92 Å². The van der Waals surface area contributed by atoms with Gasteiger partial charge in [0.25, 0.3) is 0 Å². The maximum atomic E-state index is 12.0. The number of amides is 1. The first kappa shape index (κ1) is 23.0. The van der Waals surface area contributed by atoms with E-state index in [4.69, 9.17) is 5.73 Å². The number of anilines is 1. The van der Waals surface area contributed by atoms with E-state index in [1.807, 2.05) is 24.3 Å². The number of nitrogens with two attached hydrogens (primary N) is 1. The van der Waals surface area contributed by atoms with Crippen molar-refractivity contribution in [3.63, 3.8) is 0 Å². The highest BCUT2D eigenvalue weighted by Gasteiger charge is 2.21. The van der Waals surface area contributed by atoms with Crippen LogP contribution < -0.4 is 11.1 Å². The predicted molar refractivity (Wildman–Crippen MR) is 106 cm³/mol. The maximum Gasteiger partial charge on any atom is 0.220 e. The minimum absolute atomic E-state index is 0. The van der Waals surface area contributed by atoms with Crippen LogP contribution in [0.3, 0.4) is 0 Å². The van der Waals surface area contributed by atoms with E-state index in [-0.39, 0.29) is 30.7 Å². The molecule has 1 fully saturated rings. The Hall–Kier alpha value is -0.970. The molecular formula is C18H31Cl2N3O. The van der Waals surface area contributed by atoms with E-state index in [1.54, 1.807) is 0 Å². The van der Waals surface area contributed by atoms with Gasteiger partial charge in [-0.25, -0.2) is 0 Å². The Morgan fingerprint density at radius 1 is 1.33 bits per heavy atom. The highest BCUT2D eigenvalue weighted by atomic mass is 35.5. The van der Waals surface area contributed by atoms with Crippen molar-refractivity contribution >= 4 is 36.4 Å². The van der Waals surface area contributed by atoms with Crippen LogP contribution in [0.25, 0.3) is 0 Å². The Bertz CT molecular complexity index is 497. The van der Waals surface area contributed by atoms with Crippen molar-refractivity contribution < 1.29 is 4.79 Å². The van der Waals surface area contributed by atoms with Crippen molar-refractivity contribution in [2.45, 2.75) is 45.6 Å². The Labute approximate surface area is 158 Å². The SMILES string of the molecule is CC(C)N1CCCC(CNC(=O)CCc2ccccc2N)C1.Cl.Cl. The van der Waals surface area contributed by atoms with Crippen LogP contribution in [0.1, 0.15) is 38.7 Å². The van der Waals surface area contributed by atoms with Crippen molar-refractivity contribution in [2.24, 2.45) is 5.92 Å². The number of carbonyl (C=O) groups excluding carboxylic acids is 1. The molecule has 1 aromatic rings. The number of nitrogens with one attached hydrogen (secondary N) is 1. The lowest BCUT2D eigenvalue weighted by Gasteiger charge is -2.35. The molecule has 1 heterocycles. The molecule has 0 radical (unpaired) electrons. The Kier molecular flexibility index (Phi) is 11.1. The molecule has 0 spiro atoms. The van der Waals surface area contributed by atoms with Gasteiger partial charge in [-0.1, -0.05) is 18.2 Å². The summed E-state index contributed by atoms with van der Waals surface area (Å²) in [6, 6.07) is 8.36. The third-order valence-corrected chi connectivity index (χ3v) is 4.55. The molecule has 1 saturated heterocycles. The van der Waals surface area contributed by atoms with Crippen LogP contribution in [0.15, 0.2) is 24.3 Å². The number of nitrogen functional groups attached to an aromatic ring is 1. The van der Waals surface area contributed by atoms with Crippen molar-refractivity contribution in [3.05, 3.63) is 29.8 Å². The smallest absolute Gasteiger partial charge is 0.220 e. The second-order valence-electron chi connectivity index (χ2n) is 6.60. The quantitative estimate of drug-likeness (QED) is 0.749. The first-order chi connectivity index (χ1) is 10.6. The van der Waals surface area contributed by atoms with Crippen LogP contribution in [-0.4, -0.2) is 36.5 Å². The summed E-state index contributed by atoms with van der Waals surface area (Å²) < 4.78 is 0. The fourth-order valence-electron chi connectivity index (χ4n) is 3.09. The number of hydrogen-bond donors (Lipinski definition) is 2. The largest absolute Gasteiger partial charge is 0.399 e. The van der Waals surface area contributed by atoms with E-state index in [1.165, 1.54) is 19.4 Å². The van der Waals surface area contributed by atoms with Gasteiger partial charge in [0, 0.05) is 31.2 Å². The average Bonchev–Trinajstić information content (AvgIpc) is 2.52. The van der Waals surface area contributed by atoms with Gasteiger partial charge in [-0.05, 0) is 57.2 Å². The number of hydrogen-bond acceptors (Lipinski definition) is 3. The summed E-state index contributed by atoms with van der Waals surface area (Å²) in [6.07, 6.45) is 3.67. The van der Waals surface area contributed by atoms with Crippen molar-refractivity contribution in [2.75, 3.05) is 25.4 Å². The van der Waals surface area contributed by atoms with Crippen LogP contribution in [0.2, 0.25) is 0 Å². The molecule has 1 amide bonds. The standard InChI is InChI=1S/C18H29N3O.2ClH/c1-14(2)21-11-5-6-15(13-21)12-20-18(22)10-9-16-7-3-4-8-17(16)19;;/h3-4,7-8,14-15H,5-6,9-13,19H2,1-2H3,(H,20,22);2*1H. The van der Waals surface area contributed by atoms with E-state index in [0.29, 0.717) is 24.8 Å². The fourth-order valence-corrected chi connectivity index (χ4v) is 3.09. The number of halogens is 2. The highest BCUT2D eigenvalue weighted by molar-refractivity contribution is 5.85. The zero-order valence-electron chi connectivity index (χ0n) is 14.7. The lowest BCUT2D eigenvalue weighted by molar-refractivity contribution is -0.121. The van der Waals surface area contributed by atoms with E-state index < -0.39 is 0 Å². The van der Waals surface area contributed by atoms with Crippen molar-refractivity contribution in [1.29, 1.82) is 0 Å². The second-order valence-corrected chi connectivity index (χ2v) is 6.60. The van der Waals surface area contributed by atoms with Crippen LogP contribution in [0.5, 0.6) is 0 Å². The lowest BCUT2D eigenvalue weighted by Crippen LogP contribution is -2.43. The summed E-state index contributed by atoms with van der Waals surface area (Å²) in [6.45, 7) is 7.57. The first-order valence-electron chi connectivity index (χ1n) is 8.40. The van der Waals surface area contributed by atoms with Gasteiger partial charge in [-0.3, -0.25) is 4.79 Å². The van der Waals surface area contributed by atoms with Crippen molar-refractivity contribution in [3.8, 4) is 0 Å². The number of para-hydroxylation sites is 1. The normalized spacial score (nSPS) is 17.7. The van der Waals surface area contributed by atoms with Gasteiger partial charge in [0.15, 0.2) is 0 Å². The number of benzene rings is 1. The van der Waals surface area contributed by atoms with Crippen LogP contribution in [0.4, 0.5) is 5.69 Å². The minimum atomic E-state index is 0. The fraction of sp³-hybridized carbons (Fsp3) is 0.611. The summed E-state index contributed by atoms with van der Waals surface area (Å²) >= 11 is 0. The summed E-state index contributed by atoms with van der Waals surface area (Å²) in [5.74, 6) is 0.715. The highest BCUT2D eigenvalue weighted by Crippen LogP contribution is 2.18. The Morgan fingerprint density at radius 2 is 2.04 bits per heavy atom. The summed E-state index contributed by atoms with van der Waals surface area (Å²) in [7, 11) is 0. The molecule has 1 aliphatic heterocycles. The molecule has 138 valence electrons. The van der Waals surface area contributed by atoms with Gasteiger partial charge < -0.3 is 16.0 Å². The summed E-state index contributed by atoms with van der Waals surface area (Å²) in [5, 5.41) is 3.10. The zero-order valence-corrected chi connectivity index (χ0v) is 16.3. The topological polar surface area (TPSA) is 58.4 Å². The van der Waals surface area contributed by atoms with Crippen LogP contribution in [-0.2, 0) is 11.2 Å². The molecule has 0 aliphatic carbocycles. The number of piperidine rings is 1. The molecule has 4 nitrogen and oxygen atoms in total. The molecule has 1 aromatic carbocycles. The summed E-state index contributed by atoms with van der Waals surface area (Å²) in [4.78, 5) is 14.5. The summed E-state index contributed by atoms with van der Waals surface area (Å²) in [5.41, 5.74) is 7.73. The molecule has 1 atom stereocenters. The van der Waals surface area contributed by atoms with E-state index in [2.05, 4.69) is 24.1 Å². The molecule has 3 N–H and O–H groups in total. The molecule has 0 aromatic heterocycles. The number of likely N-dealkylation sites (tertiary alicyclic amines) is 1. The van der Waals surface area contributed by atoms with Gasteiger partial charge in [0.1, 0.15) is 0 Å². The molecule has 1 aliphatic rings. The Balaban J connectivity index is 0.00000264. The van der Waals surface area contributed by atoms with Gasteiger partial charge >= 0.3 is 0 Å². The van der Waals surface area contributed by atoms with E-state index in [0.717, 1.165) is 24.3 Å². The second kappa shape index (κ2) is 11.6. The zero-order chi connectivity index (χ0) is 15.9. The molecule has 0 bridgehead atoms. The molecule has 24 heavy (non-hydrogen) atoms. The monoisotopic (exact) mass is 375 g/mol. The number of aryl methyl sites for hydroxylation is 1. The third kappa shape index (κ3) is 7.29. The van der Waals surface area contributed by atoms with Gasteiger partial charge in [-0.15, -0.1) is 24.8 Å². The van der Waals surface area contributed by atoms with Gasteiger partial charge in [0.2, 0.25) is 5.91 Å². The van der Waals surface area contributed by atoms with Crippen LogP contribution >= 0.6 is 24.8 Å². The molecule has 2 rings (SSSR count). The average molecular weight is 376 g/mol. The van der Waals surface area contributed by atoms with E-state index in [9.17, 15) is 4.79 Å². The minimum Gasteiger partial charge on any atom is -0.399 e. The number of rotatable bonds is 6. The predicted octanol–water partition coefficient (Wildman–Crippen LogP) is 3.28. The van der Waals surface area contributed by atoms with E-state index >= 15 is 0 Å². The lowest BCUT2D eigenvalue weighted by atomic mass is 9.97. The molecular weight excluding hydrogens is 345 g/mol. The van der Waals surface area contributed by atoms with Crippen molar-refractivity contribution in [1.82, 2.24) is 10.2 Å². The molecule has 1 unspecified atom stereocenters. The molecule has 6 heteroatoms. The Morgan fingerprint density at radius 3 is 2.71 bits per heavy atom. The third-order valence-electron chi connectivity index (χ3n) is 4.55.